The third-order valence-corrected chi connectivity index (χ3v) is 7.63. The number of halogens is 2. The molecule has 1 aliphatic heterocycles. The average molecular weight is 559 g/mol. The molecule has 0 aromatic heterocycles. The number of carbonyl (C=O) groups excluding carboxylic acids is 5. The molecule has 0 aromatic carbocycles. The Kier molecular flexibility index (Phi) is 10.8. The Labute approximate surface area is 229 Å². The van der Waals surface area contributed by atoms with Crippen molar-refractivity contribution in [3.63, 3.8) is 0 Å². The Morgan fingerprint density at radius 1 is 1.03 bits per heavy atom. The number of ether oxygens (including phenoxy) is 1. The molecule has 2 aliphatic rings. The van der Waals surface area contributed by atoms with Gasteiger partial charge in [-0.05, 0) is 50.4 Å². The molecule has 0 bridgehead atoms. The van der Waals surface area contributed by atoms with E-state index in [4.69, 9.17) is 4.74 Å². The number of Topliss-reactive ketones (excluding diaryl/α,β-unsaturated/α-hetero) is 1. The van der Waals surface area contributed by atoms with Crippen molar-refractivity contribution in [1.29, 1.82) is 0 Å². The molecule has 0 unspecified atom stereocenters. The molecule has 12 heteroatoms. The van der Waals surface area contributed by atoms with Gasteiger partial charge in [-0.2, -0.15) is 0 Å². The van der Waals surface area contributed by atoms with Crippen molar-refractivity contribution < 1.29 is 37.5 Å². The van der Waals surface area contributed by atoms with E-state index >= 15 is 0 Å². The lowest BCUT2D eigenvalue weighted by molar-refractivity contribution is -0.144. The predicted molar refractivity (Wildman–Crippen MR) is 140 cm³/mol. The number of amides is 4. The Morgan fingerprint density at radius 2 is 1.64 bits per heavy atom. The maximum atomic E-state index is 13.9. The number of alkyl carbamates (subject to hydrolysis) is 1. The van der Waals surface area contributed by atoms with E-state index in [0.717, 1.165) is 32.1 Å². The van der Waals surface area contributed by atoms with Gasteiger partial charge in [-0.1, -0.05) is 40.0 Å². The maximum Gasteiger partial charge on any atom is 0.407 e. The van der Waals surface area contributed by atoms with E-state index in [2.05, 4.69) is 16.0 Å². The number of ketones is 1. The molecular weight excluding hydrogens is 514 g/mol. The number of hydrogen-bond acceptors (Lipinski definition) is 6. The van der Waals surface area contributed by atoms with Crippen LogP contribution >= 0.6 is 0 Å². The third kappa shape index (κ3) is 8.86. The summed E-state index contributed by atoms with van der Waals surface area (Å²) in [4.78, 5) is 66.1. The van der Waals surface area contributed by atoms with E-state index in [-0.39, 0.29) is 12.0 Å². The summed E-state index contributed by atoms with van der Waals surface area (Å²) >= 11 is 0. The van der Waals surface area contributed by atoms with Crippen LogP contribution in [0.2, 0.25) is 0 Å². The number of likely N-dealkylation sites (tertiary alicyclic amines) is 1. The van der Waals surface area contributed by atoms with Gasteiger partial charge in [0, 0.05) is 19.5 Å². The Bertz CT molecular complexity index is 924. The number of hydrogen-bond donors (Lipinski definition) is 3. The second kappa shape index (κ2) is 13.0. The van der Waals surface area contributed by atoms with Crippen LogP contribution in [0.1, 0.15) is 86.0 Å². The molecule has 1 aliphatic carbocycles. The SMILES string of the molecule is CCNC(=O)C(=O)[C@H](CCC(C)(F)F)NC(=O)[C@@H]1CC2(CCCCC2)CN1C(=O)[C@@H](NC(=O)OC)C(C)(C)C. The molecule has 222 valence electrons. The molecule has 39 heavy (non-hydrogen) atoms. The van der Waals surface area contributed by atoms with Gasteiger partial charge in [0.05, 0.1) is 13.2 Å². The zero-order valence-corrected chi connectivity index (χ0v) is 24.0. The standard InChI is InChI=1S/C27H44F2N4O6/c1-7-30-22(36)19(34)17(11-14-26(5,28)29)31-21(35)18-15-27(12-9-8-10-13-27)16-33(18)23(37)20(25(2,3)4)32-24(38)39-6/h17-18,20H,7-16H2,1-6H3,(H,30,36)(H,31,35)(H,32,38)/t17-,18-,20+/m0/s1. The average Bonchev–Trinajstić information content (AvgIpc) is 3.22. The van der Waals surface area contributed by atoms with E-state index in [0.29, 0.717) is 19.9 Å². The Balaban J connectivity index is 2.39. The van der Waals surface area contributed by atoms with Crippen molar-refractivity contribution in [2.24, 2.45) is 10.8 Å². The molecule has 1 heterocycles. The summed E-state index contributed by atoms with van der Waals surface area (Å²) in [5, 5.41) is 7.45. The molecule has 2 rings (SSSR count). The topological polar surface area (TPSA) is 134 Å². The molecule has 1 saturated heterocycles. The van der Waals surface area contributed by atoms with Crippen molar-refractivity contribution >= 4 is 29.6 Å². The summed E-state index contributed by atoms with van der Waals surface area (Å²) in [6, 6.07) is -3.47. The fraction of sp³-hybridized carbons (Fsp3) is 0.815. The molecule has 1 saturated carbocycles. The first kappa shape index (κ1) is 32.4. The van der Waals surface area contributed by atoms with Crippen LogP contribution in [0.5, 0.6) is 0 Å². The van der Waals surface area contributed by atoms with E-state index < -0.39 is 71.9 Å². The van der Waals surface area contributed by atoms with Gasteiger partial charge in [0.2, 0.25) is 23.5 Å². The molecule has 3 N–H and O–H groups in total. The summed E-state index contributed by atoms with van der Waals surface area (Å²) < 4.78 is 32.0. The highest BCUT2D eigenvalue weighted by Crippen LogP contribution is 2.47. The fourth-order valence-corrected chi connectivity index (χ4v) is 5.52. The molecule has 4 amide bonds. The summed E-state index contributed by atoms with van der Waals surface area (Å²) in [7, 11) is 1.19. The van der Waals surface area contributed by atoms with Gasteiger partial charge in [0.1, 0.15) is 12.1 Å². The first-order chi connectivity index (χ1) is 18.0. The first-order valence-corrected chi connectivity index (χ1v) is 13.7. The van der Waals surface area contributed by atoms with Crippen LogP contribution in [0.25, 0.3) is 0 Å². The van der Waals surface area contributed by atoms with Crippen molar-refractivity contribution in [2.75, 3.05) is 20.2 Å². The number of alkyl halides is 2. The molecule has 3 atom stereocenters. The smallest absolute Gasteiger partial charge is 0.407 e. The van der Waals surface area contributed by atoms with Crippen molar-refractivity contribution in [3.05, 3.63) is 0 Å². The number of likely N-dealkylation sites (N-methyl/N-ethyl adjacent to an activating group) is 1. The van der Waals surface area contributed by atoms with Crippen LogP contribution in [-0.4, -0.2) is 78.7 Å². The van der Waals surface area contributed by atoms with Crippen LogP contribution in [0.15, 0.2) is 0 Å². The number of carbonyl (C=O) groups is 5. The number of nitrogens with one attached hydrogen (secondary N) is 3. The summed E-state index contributed by atoms with van der Waals surface area (Å²) in [5.41, 5.74) is -1.03. The lowest BCUT2D eigenvalue weighted by Crippen LogP contribution is -2.59. The fourth-order valence-electron chi connectivity index (χ4n) is 5.52. The van der Waals surface area contributed by atoms with Crippen LogP contribution in [0.3, 0.4) is 0 Å². The predicted octanol–water partition coefficient (Wildman–Crippen LogP) is 2.93. The van der Waals surface area contributed by atoms with Crippen LogP contribution in [-0.2, 0) is 23.9 Å². The second-order valence-corrected chi connectivity index (χ2v) is 12.1. The summed E-state index contributed by atoms with van der Waals surface area (Å²) in [6.45, 7) is 8.09. The van der Waals surface area contributed by atoms with Crippen molar-refractivity contribution in [2.45, 2.75) is 110 Å². The van der Waals surface area contributed by atoms with Crippen LogP contribution in [0.4, 0.5) is 13.6 Å². The zero-order valence-electron chi connectivity index (χ0n) is 24.0. The summed E-state index contributed by atoms with van der Waals surface area (Å²) in [6.07, 6.45) is 2.97. The second-order valence-electron chi connectivity index (χ2n) is 12.1. The molecule has 1 spiro atoms. The highest BCUT2D eigenvalue weighted by Gasteiger charge is 2.51. The monoisotopic (exact) mass is 558 g/mol. The molecular formula is C27H44F2N4O6. The third-order valence-electron chi connectivity index (χ3n) is 7.63. The number of rotatable bonds is 10. The number of nitrogens with zero attached hydrogens (tertiary/aromatic N) is 1. The minimum atomic E-state index is -3.11. The zero-order chi connectivity index (χ0) is 29.6. The molecule has 0 radical (unpaired) electrons. The van der Waals surface area contributed by atoms with Gasteiger partial charge in [-0.15, -0.1) is 0 Å². The van der Waals surface area contributed by atoms with Gasteiger partial charge >= 0.3 is 6.09 Å². The molecule has 0 aromatic rings. The van der Waals surface area contributed by atoms with Crippen molar-refractivity contribution in [3.8, 4) is 0 Å². The van der Waals surface area contributed by atoms with Crippen molar-refractivity contribution in [1.82, 2.24) is 20.9 Å². The highest BCUT2D eigenvalue weighted by atomic mass is 19.3. The van der Waals surface area contributed by atoms with Crippen LogP contribution in [0, 0.1) is 10.8 Å². The Morgan fingerprint density at radius 3 is 2.15 bits per heavy atom. The molecule has 2 fully saturated rings. The largest absolute Gasteiger partial charge is 0.453 e. The van der Waals surface area contributed by atoms with Gasteiger partial charge < -0.3 is 25.6 Å². The first-order valence-electron chi connectivity index (χ1n) is 13.7. The van der Waals surface area contributed by atoms with Crippen LogP contribution < -0.4 is 16.0 Å². The van der Waals surface area contributed by atoms with Gasteiger partial charge in [0.15, 0.2) is 0 Å². The summed E-state index contributed by atoms with van der Waals surface area (Å²) in [5.74, 6) is -6.25. The van der Waals surface area contributed by atoms with E-state index in [9.17, 15) is 32.8 Å². The highest BCUT2D eigenvalue weighted by molar-refractivity contribution is 6.38. The Hall–Kier alpha value is -2.79. The van der Waals surface area contributed by atoms with Gasteiger partial charge in [-0.3, -0.25) is 19.2 Å². The van der Waals surface area contributed by atoms with E-state index in [1.807, 2.05) is 0 Å². The van der Waals surface area contributed by atoms with E-state index in [1.165, 1.54) is 12.0 Å². The quantitative estimate of drug-likeness (QED) is 0.353. The molecule has 10 nitrogen and oxygen atoms in total. The number of methoxy groups -OCH3 is 1. The minimum Gasteiger partial charge on any atom is -0.453 e. The van der Waals surface area contributed by atoms with Gasteiger partial charge in [-0.25, -0.2) is 13.6 Å². The maximum absolute atomic E-state index is 13.9. The van der Waals surface area contributed by atoms with Gasteiger partial charge in [0.25, 0.3) is 5.91 Å². The van der Waals surface area contributed by atoms with E-state index in [1.54, 1.807) is 27.7 Å². The lowest BCUT2D eigenvalue weighted by atomic mass is 9.72. The minimum absolute atomic E-state index is 0.157. The normalized spacial score (nSPS) is 20.6. The lowest BCUT2D eigenvalue weighted by Gasteiger charge is -2.36.